The van der Waals surface area contributed by atoms with Crippen molar-refractivity contribution in [2.75, 3.05) is 18.5 Å². The Bertz CT molecular complexity index is 365. The summed E-state index contributed by atoms with van der Waals surface area (Å²) in [6.45, 7) is 5.04. The minimum absolute atomic E-state index is 0.201. The summed E-state index contributed by atoms with van der Waals surface area (Å²) >= 11 is 6.09. The van der Waals surface area contributed by atoms with Gasteiger partial charge in [-0.25, -0.2) is 0 Å². The summed E-state index contributed by atoms with van der Waals surface area (Å²) in [7, 11) is 2.07. The number of hydrogen-bond donors (Lipinski definition) is 0. The molecule has 2 nitrogen and oxygen atoms in total. The van der Waals surface area contributed by atoms with E-state index in [1.807, 2.05) is 12.1 Å². The first-order valence-electron chi connectivity index (χ1n) is 4.76. The fraction of sp³-hybridized carbons (Fsp3) is 0.455. The van der Waals surface area contributed by atoms with Gasteiger partial charge in [0.25, 0.3) is 0 Å². The van der Waals surface area contributed by atoms with E-state index in [-0.39, 0.29) is 6.10 Å². The number of aryl methyl sites for hydroxylation is 1. The van der Waals surface area contributed by atoms with Crippen molar-refractivity contribution in [1.82, 2.24) is 0 Å². The summed E-state index contributed by atoms with van der Waals surface area (Å²) in [5, 5.41) is 0.698. The van der Waals surface area contributed by atoms with Gasteiger partial charge in [0.2, 0.25) is 0 Å². The monoisotopic (exact) mass is 211 g/mol. The molecule has 0 N–H and O–H groups in total. The van der Waals surface area contributed by atoms with E-state index in [1.165, 1.54) is 5.56 Å². The summed E-state index contributed by atoms with van der Waals surface area (Å²) < 4.78 is 5.74. The van der Waals surface area contributed by atoms with Crippen LogP contribution in [0.2, 0.25) is 5.02 Å². The number of halogens is 1. The van der Waals surface area contributed by atoms with Crippen LogP contribution in [0, 0.1) is 6.92 Å². The maximum absolute atomic E-state index is 6.09. The third-order valence-electron chi connectivity index (χ3n) is 2.52. The van der Waals surface area contributed by atoms with Crippen LogP contribution >= 0.6 is 11.6 Å². The van der Waals surface area contributed by atoms with Gasteiger partial charge in [0, 0.05) is 7.05 Å². The van der Waals surface area contributed by atoms with Gasteiger partial charge in [0.15, 0.2) is 5.75 Å². The van der Waals surface area contributed by atoms with Gasteiger partial charge in [-0.1, -0.05) is 17.7 Å². The summed E-state index contributed by atoms with van der Waals surface area (Å²) in [4.78, 5) is 2.20. The first-order valence-corrected chi connectivity index (χ1v) is 5.14. The predicted octanol–water partition coefficient (Wildman–Crippen LogP) is 2.87. The third kappa shape index (κ3) is 1.44. The molecule has 0 bridgehead atoms. The Morgan fingerprint density at radius 2 is 2.21 bits per heavy atom. The van der Waals surface area contributed by atoms with E-state index in [9.17, 15) is 0 Å². The number of rotatable bonds is 0. The van der Waals surface area contributed by atoms with Crippen molar-refractivity contribution in [2.24, 2.45) is 0 Å². The van der Waals surface area contributed by atoms with E-state index < -0.39 is 0 Å². The van der Waals surface area contributed by atoms with Gasteiger partial charge in [-0.15, -0.1) is 0 Å². The molecule has 1 aromatic rings. The van der Waals surface area contributed by atoms with Crippen molar-refractivity contribution in [2.45, 2.75) is 20.0 Å². The molecule has 0 aromatic heterocycles. The zero-order valence-electron chi connectivity index (χ0n) is 8.67. The molecule has 1 aromatic carbocycles. The van der Waals surface area contributed by atoms with Crippen LogP contribution in [0.4, 0.5) is 5.69 Å². The fourth-order valence-electron chi connectivity index (χ4n) is 1.95. The molecule has 0 fully saturated rings. The van der Waals surface area contributed by atoms with E-state index in [2.05, 4.69) is 25.8 Å². The van der Waals surface area contributed by atoms with Crippen LogP contribution in [0.3, 0.4) is 0 Å². The lowest BCUT2D eigenvalue weighted by atomic mass is 10.1. The Morgan fingerprint density at radius 3 is 2.93 bits per heavy atom. The van der Waals surface area contributed by atoms with Crippen LogP contribution in [0.15, 0.2) is 12.1 Å². The minimum atomic E-state index is 0.201. The molecule has 76 valence electrons. The Labute approximate surface area is 89.4 Å². The third-order valence-corrected chi connectivity index (χ3v) is 2.81. The maximum Gasteiger partial charge on any atom is 0.161 e. The normalized spacial score (nSPS) is 20.3. The lowest BCUT2D eigenvalue weighted by Crippen LogP contribution is -2.36. The first-order chi connectivity index (χ1) is 6.59. The molecular formula is C11H14ClNO. The van der Waals surface area contributed by atoms with Gasteiger partial charge < -0.3 is 9.64 Å². The molecule has 0 saturated carbocycles. The number of anilines is 1. The quantitative estimate of drug-likeness (QED) is 0.655. The van der Waals surface area contributed by atoms with Gasteiger partial charge in [0.1, 0.15) is 6.10 Å². The standard InChI is InChI=1S/C11H14ClNO/c1-7-4-5-9(12)11-10(7)13(3)6-8(2)14-11/h4-5,8H,6H2,1-3H3. The number of fused-ring (bicyclic) bond motifs is 1. The Hall–Kier alpha value is -0.890. The van der Waals surface area contributed by atoms with Gasteiger partial charge in [-0.05, 0) is 25.5 Å². The Kier molecular flexibility index (Phi) is 2.31. The molecule has 1 heterocycles. The van der Waals surface area contributed by atoms with Crippen molar-refractivity contribution < 1.29 is 4.74 Å². The molecule has 0 saturated heterocycles. The number of ether oxygens (including phenoxy) is 1. The number of hydrogen-bond acceptors (Lipinski definition) is 2. The fourth-order valence-corrected chi connectivity index (χ4v) is 2.14. The molecule has 0 radical (unpaired) electrons. The van der Waals surface area contributed by atoms with E-state index in [4.69, 9.17) is 16.3 Å². The predicted molar refractivity (Wildman–Crippen MR) is 59.5 cm³/mol. The van der Waals surface area contributed by atoms with Gasteiger partial charge in [-0.2, -0.15) is 0 Å². The smallest absolute Gasteiger partial charge is 0.161 e. The molecule has 1 aliphatic heterocycles. The number of nitrogens with zero attached hydrogens (tertiary/aromatic N) is 1. The van der Waals surface area contributed by atoms with Crippen LogP contribution in [0.5, 0.6) is 5.75 Å². The number of benzene rings is 1. The lowest BCUT2D eigenvalue weighted by molar-refractivity contribution is 0.215. The zero-order valence-corrected chi connectivity index (χ0v) is 9.43. The first kappa shape index (κ1) is 9.66. The molecule has 14 heavy (non-hydrogen) atoms. The zero-order chi connectivity index (χ0) is 10.3. The summed E-state index contributed by atoms with van der Waals surface area (Å²) in [5.41, 5.74) is 2.33. The average Bonchev–Trinajstić information content (AvgIpc) is 2.10. The van der Waals surface area contributed by atoms with E-state index in [0.717, 1.165) is 18.0 Å². The van der Waals surface area contributed by atoms with Crippen molar-refractivity contribution in [3.05, 3.63) is 22.7 Å². The second-order valence-electron chi connectivity index (χ2n) is 3.85. The summed E-state index contributed by atoms with van der Waals surface area (Å²) in [6.07, 6.45) is 0.201. The van der Waals surface area contributed by atoms with Crippen molar-refractivity contribution in [3.8, 4) is 5.75 Å². The van der Waals surface area contributed by atoms with Crippen molar-refractivity contribution in [3.63, 3.8) is 0 Å². The van der Waals surface area contributed by atoms with Crippen LogP contribution < -0.4 is 9.64 Å². The highest BCUT2D eigenvalue weighted by Crippen LogP contribution is 2.40. The van der Waals surface area contributed by atoms with Gasteiger partial charge in [-0.3, -0.25) is 0 Å². The highest BCUT2D eigenvalue weighted by Gasteiger charge is 2.23. The molecule has 0 amide bonds. The number of likely N-dealkylation sites (N-methyl/N-ethyl adjacent to an activating group) is 1. The largest absolute Gasteiger partial charge is 0.485 e. The molecule has 1 atom stereocenters. The second kappa shape index (κ2) is 3.35. The summed E-state index contributed by atoms with van der Waals surface area (Å²) in [5.74, 6) is 0.827. The maximum atomic E-state index is 6.09. The summed E-state index contributed by atoms with van der Waals surface area (Å²) in [6, 6.07) is 3.92. The van der Waals surface area contributed by atoms with Crippen LogP contribution in [0.1, 0.15) is 12.5 Å². The highest BCUT2D eigenvalue weighted by molar-refractivity contribution is 6.32. The Morgan fingerprint density at radius 1 is 1.50 bits per heavy atom. The van der Waals surface area contributed by atoms with E-state index >= 15 is 0 Å². The second-order valence-corrected chi connectivity index (χ2v) is 4.26. The van der Waals surface area contributed by atoms with Crippen molar-refractivity contribution in [1.29, 1.82) is 0 Å². The highest BCUT2D eigenvalue weighted by atomic mass is 35.5. The van der Waals surface area contributed by atoms with Gasteiger partial charge >= 0.3 is 0 Å². The molecule has 1 unspecified atom stereocenters. The van der Waals surface area contributed by atoms with Crippen LogP contribution in [-0.4, -0.2) is 19.7 Å². The molecular weight excluding hydrogens is 198 g/mol. The van der Waals surface area contributed by atoms with Gasteiger partial charge in [0.05, 0.1) is 17.3 Å². The lowest BCUT2D eigenvalue weighted by Gasteiger charge is -2.33. The van der Waals surface area contributed by atoms with Crippen LogP contribution in [0.25, 0.3) is 0 Å². The van der Waals surface area contributed by atoms with E-state index in [1.54, 1.807) is 0 Å². The molecule has 0 aliphatic carbocycles. The molecule has 0 spiro atoms. The van der Waals surface area contributed by atoms with E-state index in [0.29, 0.717) is 5.02 Å². The van der Waals surface area contributed by atoms with Crippen LogP contribution in [-0.2, 0) is 0 Å². The average molecular weight is 212 g/mol. The molecule has 2 rings (SSSR count). The minimum Gasteiger partial charge on any atom is -0.485 e. The molecule has 3 heteroatoms. The SMILES string of the molecule is Cc1ccc(Cl)c2c1N(C)CC(C)O2. The topological polar surface area (TPSA) is 12.5 Å². The Balaban J connectivity index is 2.57. The van der Waals surface area contributed by atoms with Crippen molar-refractivity contribution >= 4 is 17.3 Å². The molecule has 1 aliphatic rings.